The van der Waals surface area contributed by atoms with Crippen molar-refractivity contribution >= 4 is 29.4 Å². The Balaban J connectivity index is 2.34. The molecule has 30 heavy (non-hydrogen) atoms. The summed E-state index contributed by atoms with van der Waals surface area (Å²) in [6.07, 6.45) is 2.28. The summed E-state index contributed by atoms with van der Waals surface area (Å²) in [5.74, 6) is 0. The summed E-state index contributed by atoms with van der Waals surface area (Å²) >= 11 is 0. The van der Waals surface area contributed by atoms with Crippen molar-refractivity contribution < 1.29 is 0 Å². The molecular weight excluding hydrogens is 400 g/mol. The molecule has 2 rings (SSSR count). The maximum absolute atomic E-state index is 5.08. The molecule has 0 aliphatic carbocycles. The summed E-state index contributed by atoms with van der Waals surface area (Å²) in [7, 11) is 2.25. The Hall–Kier alpha value is -0.710. The summed E-state index contributed by atoms with van der Waals surface area (Å²) in [6.45, 7) is 19.2. The van der Waals surface area contributed by atoms with Crippen molar-refractivity contribution in [2.24, 2.45) is 0 Å². The van der Waals surface area contributed by atoms with Crippen LogP contribution in [0.2, 0.25) is 0 Å². The monoisotopic (exact) mass is 444 g/mol. The Morgan fingerprint density at radius 2 is 0.900 bits per heavy atom. The van der Waals surface area contributed by atoms with Gasteiger partial charge in [0.2, 0.25) is 0 Å². The average molecular weight is 444 g/mol. The average Bonchev–Trinajstić information content (AvgIpc) is 2.67. The fraction of sp³-hybridized carbons (Fsp3) is 0.583. The molecule has 6 heteroatoms. The van der Waals surface area contributed by atoms with E-state index in [0.29, 0.717) is 0 Å². The fourth-order valence-corrected chi connectivity index (χ4v) is 10.6. The van der Waals surface area contributed by atoms with Gasteiger partial charge in [0.05, 0.1) is 0 Å². The van der Waals surface area contributed by atoms with Crippen molar-refractivity contribution in [3.8, 4) is 11.4 Å². The van der Waals surface area contributed by atoms with Crippen LogP contribution in [0.25, 0.3) is 11.4 Å². The molecule has 0 radical (unpaired) electrons. The Kier molecular flexibility index (Phi) is 8.75. The molecule has 2 heterocycles. The molecule has 0 atom stereocenters. The van der Waals surface area contributed by atoms with Gasteiger partial charge in [-0.15, -0.1) is 0 Å². The standard InChI is InChI=1S/C24H44B2N2P2/c1-17(2)29(25,18(3)4)15-21-11-9-13-23(27-21)24-14-10-12-22(28-24)16-30(26,19(5)6)20(7)8/h9-14,17-20,29-30H,15-16,25-26H2,1-8H3. The van der Waals surface area contributed by atoms with E-state index in [9.17, 15) is 0 Å². The van der Waals surface area contributed by atoms with Gasteiger partial charge >= 0.3 is 189 Å². The first-order valence-corrected chi connectivity index (χ1v) is 17.5. The molecule has 2 aromatic heterocycles. The molecule has 0 aromatic carbocycles. The van der Waals surface area contributed by atoms with Gasteiger partial charge in [0.1, 0.15) is 0 Å². The SMILES string of the molecule is B[PH](Cc1cccc(-c2cccc(C[PH](B)(C(C)C)C(C)C)n2)n1)(C(C)C)C(C)C. The molecule has 0 unspecified atom stereocenters. The number of rotatable bonds is 9. The summed E-state index contributed by atoms with van der Waals surface area (Å²) in [5.41, 5.74) is 7.52. The zero-order valence-corrected chi connectivity index (χ0v) is 23.1. The van der Waals surface area contributed by atoms with Crippen LogP contribution in [0, 0.1) is 0 Å². The van der Waals surface area contributed by atoms with Gasteiger partial charge in [-0.05, 0) is 0 Å². The zero-order chi connectivity index (χ0) is 22.7. The van der Waals surface area contributed by atoms with Gasteiger partial charge in [0.15, 0.2) is 0 Å². The quantitative estimate of drug-likeness (QED) is 0.384. The van der Waals surface area contributed by atoms with E-state index in [1.54, 1.807) is 0 Å². The van der Waals surface area contributed by atoms with Crippen LogP contribution in [0.15, 0.2) is 36.4 Å². The van der Waals surface area contributed by atoms with Crippen molar-refractivity contribution in [2.75, 3.05) is 0 Å². The molecule has 0 amide bonds. The fourth-order valence-electron chi connectivity index (χ4n) is 4.37. The molecule has 0 aliphatic rings. The van der Waals surface area contributed by atoms with Crippen molar-refractivity contribution in [1.82, 2.24) is 9.97 Å². The topological polar surface area (TPSA) is 25.8 Å². The Labute approximate surface area is 188 Å². The third-order valence-electron chi connectivity index (χ3n) is 8.28. The van der Waals surface area contributed by atoms with E-state index < -0.39 is 14.3 Å². The van der Waals surface area contributed by atoms with Crippen LogP contribution in [0.3, 0.4) is 0 Å². The van der Waals surface area contributed by atoms with Gasteiger partial charge < -0.3 is 0 Å². The van der Waals surface area contributed by atoms with Crippen LogP contribution in [-0.4, -0.2) is 47.7 Å². The minimum atomic E-state index is -1.41. The van der Waals surface area contributed by atoms with E-state index in [0.717, 1.165) is 46.3 Å². The van der Waals surface area contributed by atoms with E-state index in [1.807, 2.05) is 0 Å². The molecule has 0 saturated carbocycles. The van der Waals surface area contributed by atoms with Crippen LogP contribution in [-0.2, 0) is 12.3 Å². The first-order chi connectivity index (χ1) is 13.9. The second-order valence-electron chi connectivity index (χ2n) is 11.0. The number of pyridine rings is 2. The van der Waals surface area contributed by atoms with Crippen molar-refractivity contribution in [3.05, 3.63) is 47.8 Å². The third-order valence-corrected chi connectivity index (χ3v) is 21.1. The van der Waals surface area contributed by atoms with Gasteiger partial charge in [-0.25, -0.2) is 0 Å². The molecule has 0 aliphatic heterocycles. The van der Waals surface area contributed by atoms with Crippen LogP contribution in [0.5, 0.6) is 0 Å². The first-order valence-electron chi connectivity index (χ1n) is 11.8. The normalized spacial score (nSPS) is 14.1. The second-order valence-corrected chi connectivity index (χ2v) is 22.4. The number of hydrogen-bond acceptors (Lipinski definition) is 2. The number of nitrogens with zero attached hydrogens (tertiary/aromatic N) is 2. The van der Waals surface area contributed by atoms with Crippen molar-refractivity contribution in [2.45, 2.75) is 90.3 Å². The third kappa shape index (κ3) is 5.75. The second kappa shape index (κ2) is 10.3. The van der Waals surface area contributed by atoms with Gasteiger partial charge in [-0.1, -0.05) is 0 Å². The summed E-state index contributed by atoms with van der Waals surface area (Å²) in [5, 5.41) is 0. The van der Waals surface area contributed by atoms with E-state index in [1.165, 1.54) is 11.4 Å². The summed E-state index contributed by atoms with van der Waals surface area (Å²) < 4.78 is 0. The molecule has 0 bridgehead atoms. The van der Waals surface area contributed by atoms with Gasteiger partial charge in [-0.3, -0.25) is 0 Å². The molecule has 166 valence electrons. The molecule has 2 nitrogen and oxygen atoms in total. The Morgan fingerprint density at radius 3 is 1.17 bits per heavy atom. The van der Waals surface area contributed by atoms with E-state index in [2.05, 4.69) is 107 Å². The van der Waals surface area contributed by atoms with Gasteiger partial charge in [-0.2, -0.15) is 0 Å². The zero-order valence-electron chi connectivity index (χ0n) is 21.1. The minimum absolute atomic E-state index is 0.749. The maximum atomic E-state index is 5.08. The molecule has 0 fully saturated rings. The van der Waals surface area contributed by atoms with Crippen LogP contribution in [0.4, 0.5) is 0 Å². The summed E-state index contributed by atoms with van der Waals surface area (Å²) in [6, 6.07) is 13.0. The van der Waals surface area contributed by atoms with Gasteiger partial charge in [0, 0.05) is 0 Å². The van der Waals surface area contributed by atoms with E-state index >= 15 is 0 Å². The summed E-state index contributed by atoms with van der Waals surface area (Å²) in [4.78, 5) is 10.2. The molecular formula is C24H44B2N2P2. The Bertz CT molecular complexity index is 752. The van der Waals surface area contributed by atoms with Crippen molar-refractivity contribution in [3.63, 3.8) is 0 Å². The molecule has 0 N–H and O–H groups in total. The molecule has 0 spiro atoms. The predicted molar refractivity (Wildman–Crippen MR) is 149 cm³/mol. The van der Waals surface area contributed by atoms with E-state index in [-0.39, 0.29) is 0 Å². The molecule has 0 saturated heterocycles. The van der Waals surface area contributed by atoms with Gasteiger partial charge in [0.25, 0.3) is 0 Å². The first kappa shape index (κ1) is 25.5. The van der Waals surface area contributed by atoms with Crippen LogP contribution >= 0.6 is 14.3 Å². The number of aromatic nitrogens is 2. The van der Waals surface area contributed by atoms with Crippen LogP contribution < -0.4 is 0 Å². The number of hydrogen-bond donors (Lipinski definition) is 0. The van der Waals surface area contributed by atoms with Crippen LogP contribution in [0.1, 0.15) is 66.8 Å². The van der Waals surface area contributed by atoms with Crippen molar-refractivity contribution in [1.29, 1.82) is 0 Å². The Morgan fingerprint density at radius 1 is 0.600 bits per heavy atom. The predicted octanol–water partition coefficient (Wildman–Crippen LogP) is 5.37. The van der Waals surface area contributed by atoms with E-state index in [4.69, 9.17) is 9.97 Å². The molecule has 2 aromatic rings.